The molecule has 2 unspecified atom stereocenters. The molecule has 0 radical (unpaired) electrons. The number of halogens is 1. The minimum atomic E-state index is -1.03. The van der Waals surface area contributed by atoms with Crippen LogP contribution in [0.25, 0.3) is 0 Å². The van der Waals surface area contributed by atoms with Crippen molar-refractivity contribution in [3.05, 3.63) is 59.7 Å². The van der Waals surface area contributed by atoms with Crippen molar-refractivity contribution < 1.29 is 18.7 Å². The predicted octanol–water partition coefficient (Wildman–Crippen LogP) is 1.83. The Hall–Kier alpha value is -2.73. The molecule has 1 aromatic carbocycles. The van der Waals surface area contributed by atoms with E-state index >= 15 is 0 Å². The minimum absolute atomic E-state index is 0.0570. The summed E-state index contributed by atoms with van der Waals surface area (Å²) in [6.45, 7) is -0.0570. The Kier molecular flexibility index (Phi) is 3.35. The summed E-state index contributed by atoms with van der Waals surface area (Å²) in [5, 5.41) is 0. The van der Waals surface area contributed by atoms with Crippen LogP contribution < -0.4 is 0 Å². The molecule has 3 aliphatic rings. The molecule has 1 spiro atoms. The number of carbonyl (C=O) groups excluding carboxylic acids is 2. The van der Waals surface area contributed by atoms with Crippen LogP contribution in [0.1, 0.15) is 5.56 Å². The summed E-state index contributed by atoms with van der Waals surface area (Å²) in [5.74, 6) is -0.463. The average molecular weight is 324 g/mol. The fourth-order valence-corrected chi connectivity index (χ4v) is 3.31. The summed E-state index contributed by atoms with van der Waals surface area (Å²) in [6, 6.07) is 6.09. The summed E-state index contributed by atoms with van der Waals surface area (Å²) in [5.41, 5.74) is 1.02. The predicted molar refractivity (Wildman–Crippen MR) is 85.4 cm³/mol. The van der Waals surface area contributed by atoms with Crippen molar-refractivity contribution in [1.29, 1.82) is 0 Å². The number of aldehydes is 1. The second-order valence-electron chi connectivity index (χ2n) is 5.88. The molecule has 0 bridgehead atoms. The molecule has 120 valence electrons. The van der Waals surface area contributed by atoms with Gasteiger partial charge in [-0.15, -0.1) is 0 Å². The molecule has 24 heavy (non-hydrogen) atoms. The third kappa shape index (κ3) is 2.11. The van der Waals surface area contributed by atoms with E-state index in [1.54, 1.807) is 24.4 Å². The van der Waals surface area contributed by atoms with Crippen molar-refractivity contribution in [3.63, 3.8) is 0 Å². The van der Waals surface area contributed by atoms with Gasteiger partial charge in [0.15, 0.2) is 12.1 Å². The third-order valence-corrected chi connectivity index (χ3v) is 4.50. The first kappa shape index (κ1) is 14.8. The number of ketones is 1. The number of aliphatic imine (C=N–C) groups is 2. The number of carbonyl (C=O) groups is 2. The van der Waals surface area contributed by atoms with E-state index in [0.717, 1.165) is 5.56 Å². The Balaban J connectivity index is 1.75. The smallest absolute Gasteiger partial charge is 0.180 e. The highest BCUT2D eigenvalue weighted by Gasteiger charge is 2.54. The second-order valence-corrected chi connectivity index (χ2v) is 5.88. The van der Waals surface area contributed by atoms with E-state index in [0.29, 0.717) is 24.1 Å². The summed E-state index contributed by atoms with van der Waals surface area (Å²) in [7, 11) is 0. The number of nitrogens with zero attached hydrogens (tertiary/aromatic N) is 2. The Labute approximate surface area is 137 Å². The normalized spacial score (nSPS) is 27.8. The summed E-state index contributed by atoms with van der Waals surface area (Å²) in [4.78, 5) is 32.3. The second kappa shape index (κ2) is 5.42. The van der Waals surface area contributed by atoms with Crippen LogP contribution in [0.2, 0.25) is 0 Å². The Bertz CT molecular complexity index is 852. The molecule has 3 heterocycles. The van der Waals surface area contributed by atoms with Crippen LogP contribution in [0.4, 0.5) is 4.39 Å². The van der Waals surface area contributed by atoms with Gasteiger partial charge in [0, 0.05) is 12.6 Å². The van der Waals surface area contributed by atoms with Crippen molar-refractivity contribution in [1.82, 2.24) is 0 Å². The van der Waals surface area contributed by atoms with E-state index in [9.17, 15) is 14.0 Å². The van der Waals surface area contributed by atoms with E-state index in [1.165, 1.54) is 18.2 Å². The van der Waals surface area contributed by atoms with Crippen LogP contribution in [0.5, 0.6) is 0 Å². The van der Waals surface area contributed by atoms with Gasteiger partial charge >= 0.3 is 0 Å². The lowest BCUT2D eigenvalue weighted by Gasteiger charge is -2.39. The van der Waals surface area contributed by atoms with Gasteiger partial charge in [-0.05, 0) is 29.8 Å². The summed E-state index contributed by atoms with van der Waals surface area (Å²) < 4.78 is 18.8. The van der Waals surface area contributed by atoms with E-state index in [1.807, 2.05) is 0 Å². The molecule has 3 aliphatic heterocycles. The summed E-state index contributed by atoms with van der Waals surface area (Å²) in [6.07, 6.45) is 5.39. The molecule has 0 N–H and O–H groups in total. The third-order valence-electron chi connectivity index (χ3n) is 4.50. The zero-order valence-corrected chi connectivity index (χ0v) is 12.6. The van der Waals surface area contributed by atoms with Gasteiger partial charge in [0.2, 0.25) is 0 Å². The van der Waals surface area contributed by atoms with Crippen LogP contribution in [0.15, 0.2) is 58.3 Å². The first-order valence-corrected chi connectivity index (χ1v) is 7.55. The van der Waals surface area contributed by atoms with E-state index < -0.39 is 11.5 Å². The first-order valence-electron chi connectivity index (χ1n) is 7.55. The average Bonchev–Trinajstić information content (AvgIpc) is 3.03. The van der Waals surface area contributed by atoms with Crippen molar-refractivity contribution in [2.45, 2.75) is 12.5 Å². The monoisotopic (exact) mass is 324 g/mol. The van der Waals surface area contributed by atoms with Gasteiger partial charge in [-0.2, -0.15) is 0 Å². The fourth-order valence-electron chi connectivity index (χ4n) is 3.31. The molecule has 0 amide bonds. The summed E-state index contributed by atoms with van der Waals surface area (Å²) >= 11 is 0. The Morgan fingerprint density at radius 2 is 2.12 bits per heavy atom. The van der Waals surface area contributed by atoms with Crippen molar-refractivity contribution in [2.75, 3.05) is 6.61 Å². The van der Waals surface area contributed by atoms with Crippen molar-refractivity contribution >= 4 is 23.5 Å². The molecule has 1 fully saturated rings. The number of benzene rings is 1. The number of Topliss-reactive ketones (excluding diaryl/α,β-unsaturated/α-hetero) is 1. The van der Waals surface area contributed by atoms with Crippen LogP contribution in [-0.4, -0.2) is 36.2 Å². The van der Waals surface area contributed by atoms with Gasteiger partial charge in [0.25, 0.3) is 0 Å². The van der Waals surface area contributed by atoms with Crippen molar-refractivity contribution in [3.8, 4) is 0 Å². The largest absolute Gasteiger partial charge is 0.364 e. The van der Waals surface area contributed by atoms with Gasteiger partial charge in [0.1, 0.15) is 29.6 Å². The highest BCUT2D eigenvalue weighted by molar-refractivity contribution is 6.36. The zero-order valence-electron chi connectivity index (χ0n) is 12.6. The first-order chi connectivity index (χ1) is 11.6. The maximum Gasteiger partial charge on any atom is 0.180 e. The Morgan fingerprint density at radius 3 is 2.88 bits per heavy atom. The lowest BCUT2D eigenvalue weighted by atomic mass is 9.69. The Morgan fingerprint density at radius 1 is 1.33 bits per heavy atom. The van der Waals surface area contributed by atoms with Gasteiger partial charge < -0.3 is 4.74 Å². The molecule has 0 aromatic heterocycles. The lowest BCUT2D eigenvalue weighted by molar-refractivity contribution is -0.129. The lowest BCUT2D eigenvalue weighted by Crippen LogP contribution is -2.56. The standard InChI is InChI=1S/C18H13FN2O3/c19-12-3-1-11(2-4-12)7-14-17-18(16(23)10-24-14)5-6-20-15(18)8-13(9-22)21-17/h1-6,8-9,14H,7,10H2. The fraction of sp³-hybridized carbons (Fsp3) is 0.222. The molecule has 0 aliphatic carbocycles. The number of hydrogen-bond acceptors (Lipinski definition) is 5. The van der Waals surface area contributed by atoms with Crippen LogP contribution in [0, 0.1) is 11.2 Å². The van der Waals surface area contributed by atoms with E-state index in [-0.39, 0.29) is 23.9 Å². The molecule has 0 saturated carbocycles. The van der Waals surface area contributed by atoms with Crippen LogP contribution >= 0.6 is 0 Å². The van der Waals surface area contributed by atoms with Gasteiger partial charge in [-0.25, -0.2) is 9.38 Å². The maximum atomic E-state index is 13.1. The SMILES string of the molecule is O=CC1=CC2=NC=CC23C(=O)COC(Cc2ccc(F)cc2)C3=N1. The number of hydrogen-bond donors (Lipinski definition) is 0. The molecular weight excluding hydrogens is 311 g/mol. The van der Waals surface area contributed by atoms with E-state index in [4.69, 9.17) is 4.74 Å². The zero-order chi connectivity index (χ0) is 16.7. The van der Waals surface area contributed by atoms with Gasteiger partial charge in [0.05, 0.1) is 11.4 Å². The molecule has 4 rings (SSSR count). The highest BCUT2D eigenvalue weighted by Crippen LogP contribution is 2.39. The quantitative estimate of drug-likeness (QED) is 0.797. The molecule has 6 heteroatoms. The number of allylic oxidation sites excluding steroid dienone is 3. The highest BCUT2D eigenvalue weighted by atomic mass is 19.1. The molecule has 1 aromatic rings. The topological polar surface area (TPSA) is 68.1 Å². The number of ether oxygens (including phenoxy) is 1. The van der Waals surface area contributed by atoms with Crippen LogP contribution in [0.3, 0.4) is 0 Å². The minimum Gasteiger partial charge on any atom is -0.364 e. The van der Waals surface area contributed by atoms with Crippen LogP contribution in [-0.2, 0) is 20.7 Å². The molecule has 1 saturated heterocycles. The molecule has 5 nitrogen and oxygen atoms in total. The maximum absolute atomic E-state index is 13.1. The molecule has 2 atom stereocenters. The van der Waals surface area contributed by atoms with Crippen molar-refractivity contribution in [2.24, 2.45) is 15.4 Å². The van der Waals surface area contributed by atoms with Gasteiger partial charge in [-0.3, -0.25) is 14.6 Å². The molecular formula is C18H13FN2O3. The van der Waals surface area contributed by atoms with Gasteiger partial charge in [-0.1, -0.05) is 12.1 Å². The number of rotatable bonds is 3. The van der Waals surface area contributed by atoms with E-state index in [2.05, 4.69) is 9.98 Å².